The summed E-state index contributed by atoms with van der Waals surface area (Å²) in [6.45, 7) is 5.40. The summed E-state index contributed by atoms with van der Waals surface area (Å²) >= 11 is 1.53. The van der Waals surface area contributed by atoms with E-state index in [4.69, 9.17) is 0 Å². The molecule has 2 aromatic carbocycles. The molecule has 5 nitrogen and oxygen atoms in total. The Hall–Kier alpha value is -2.47. The molecule has 0 aliphatic carbocycles. The Labute approximate surface area is 183 Å². The van der Waals surface area contributed by atoms with Gasteiger partial charge in [-0.2, -0.15) is 0 Å². The van der Waals surface area contributed by atoms with Crippen molar-refractivity contribution in [3.63, 3.8) is 0 Å². The summed E-state index contributed by atoms with van der Waals surface area (Å²) in [6.07, 6.45) is 3.93. The van der Waals surface area contributed by atoms with Crippen LogP contribution in [0.3, 0.4) is 0 Å². The van der Waals surface area contributed by atoms with E-state index in [2.05, 4.69) is 17.1 Å². The van der Waals surface area contributed by atoms with Crippen molar-refractivity contribution in [3.8, 4) is 0 Å². The van der Waals surface area contributed by atoms with Gasteiger partial charge in [0.05, 0.1) is 5.75 Å². The second-order valence-corrected chi connectivity index (χ2v) is 8.57. The monoisotopic (exact) mass is 425 g/mol. The fourth-order valence-electron chi connectivity index (χ4n) is 3.52. The molecule has 1 aliphatic heterocycles. The molecule has 0 saturated carbocycles. The second-order valence-electron chi connectivity index (χ2n) is 7.52. The zero-order valence-corrected chi connectivity index (χ0v) is 18.5. The minimum Gasteiger partial charge on any atom is -0.368 e. The van der Waals surface area contributed by atoms with Gasteiger partial charge >= 0.3 is 0 Å². The Morgan fingerprint density at radius 1 is 0.933 bits per heavy atom. The summed E-state index contributed by atoms with van der Waals surface area (Å²) in [4.78, 5) is 29.8. The lowest BCUT2D eigenvalue weighted by Gasteiger charge is -2.36. The third-order valence-corrected chi connectivity index (χ3v) is 6.27. The van der Waals surface area contributed by atoms with Crippen molar-refractivity contribution in [1.29, 1.82) is 0 Å². The van der Waals surface area contributed by atoms with Crippen molar-refractivity contribution in [3.05, 3.63) is 54.6 Å². The van der Waals surface area contributed by atoms with Gasteiger partial charge < -0.3 is 15.1 Å². The van der Waals surface area contributed by atoms with Crippen LogP contribution in [0.4, 0.5) is 11.4 Å². The van der Waals surface area contributed by atoms with Crippen LogP contribution in [-0.4, -0.2) is 48.6 Å². The number of carbonyl (C=O) groups excluding carboxylic acids is 2. The first-order chi connectivity index (χ1) is 14.7. The molecule has 0 aromatic heterocycles. The van der Waals surface area contributed by atoms with Crippen molar-refractivity contribution in [2.45, 2.75) is 37.5 Å². The third kappa shape index (κ3) is 6.80. The topological polar surface area (TPSA) is 52.7 Å². The maximum Gasteiger partial charge on any atom is 0.234 e. The predicted octanol–water partition coefficient (Wildman–Crippen LogP) is 4.65. The number of anilines is 2. The van der Waals surface area contributed by atoms with Gasteiger partial charge in [-0.05, 0) is 42.8 Å². The number of nitrogens with zero attached hydrogens (tertiary/aromatic N) is 2. The van der Waals surface area contributed by atoms with Gasteiger partial charge in [-0.25, -0.2) is 0 Å². The zero-order chi connectivity index (χ0) is 21.2. The van der Waals surface area contributed by atoms with E-state index in [1.165, 1.54) is 11.8 Å². The molecule has 2 amide bonds. The molecule has 0 radical (unpaired) electrons. The second kappa shape index (κ2) is 11.6. The summed E-state index contributed by atoms with van der Waals surface area (Å²) < 4.78 is 0. The smallest absolute Gasteiger partial charge is 0.234 e. The average molecular weight is 426 g/mol. The van der Waals surface area contributed by atoms with Crippen LogP contribution in [0.15, 0.2) is 59.5 Å². The highest BCUT2D eigenvalue weighted by Crippen LogP contribution is 2.21. The number of rotatable bonds is 9. The fourth-order valence-corrected chi connectivity index (χ4v) is 4.24. The SMILES string of the molecule is CCCCCC(=O)N1CCN(c2ccc(NC(=O)CSc3ccccc3)cc2)CC1. The van der Waals surface area contributed by atoms with Crippen molar-refractivity contribution in [2.75, 3.05) is 42.1 Å². The average Bonchev–Trinajstić information content (AvgIpc) is 2.79. The highest BCUT2D eigenvalue weighted by molar-refractivity contribution is 8.00. The lowest BCUT2D eigenvalue weighted by atomic mass is 10.1. The first kappa shape index (κ1) is 22.2. The van der Waals surface area contributed by atoms with Crippen molar-refractivity contribution in [2.24, 2.45) is 0 Å². The molecule has 6 heteroatoms. The lowest BCUT2D eigenvalue weighted by Crippen LogP contribution is -2.48. The van der Waals surface area contributed by atoms with Crippen molar-refractivity contribution >= 4 is 35.0 Å². The number of benzene rings is 2. The minimum absolute atomic E-state index is 0.00759. The van der Waals surface area contributed by atoms with Gasteiger partial charge in [-0.3, -0.25) is 9.59 Å². The number of thioether (sulfide) groups is 1. The van der Waals surface area contributed by atoms with Gasteiger partial charge in [0, 0.05) is 48.9 Å². The fraction of sp³-hybridized carbons (Fsp3) is 0.417. The maximum atomic E-state index is 12.3. The molecule has 3 rings (SSSR count). The summed E-state index contributed by atoms with van der Waals surface area (Å²) in [7, 11) is 0. The lowest BCUT2D eigenvalue weighted by molar-refractivity contribution is -0.131. The van der Waals surface area contributed by atoms with E-state index in [9.17, 15) is 9.59 Å². The summed E-state index contributed by atoms with van der Waals surface area (Å²) in [5, 5.41) is 2.96. The van der Waals surface area contributed by atoms with Crippen molar-refractivity contribution in [1.82, 2.24) is 4.90 Å². The highest BCUT2D eigenvalue weighted by Gasteiger charge is 2.20. The Balaban J connectivity index is 1.42. The molecule has 1 saturated heterocycles. The number of nitrogens with one attached hydrogen (secondary N) is 1. The summed E-state index contributed by atoms with van der Waals surface area (Å²) in [5.41, 5.74) is 1.94. The predicted molar refractivity (Wildman–Crippen MR) is 125 cm³/mol. The van der Waals surface area contributed by atoms with E-state index in [1.54, 1.807) is 0 Å². The molecule has 0 atom stereocenters. The van der Waals surface area contributed by atoms with Gasteiger partial charge in [0.15, 0.2) is 0 Å². The van der Waals surface area contributed by atoms with Gasteiger partial charge in [-0.15, -0.1) is 11.8 Å². The number of hydrogen-bond donors (Lipinski definition) is 1. The van der Waals surface area contributed by atoms with E-state index >= 15 is 0 Å². The van der Waals surface area contributed by atoms with Gasteiger partial charge in [-0.1, -0.05) is 38.0 Å². The molecular weight excluding hydrogens is 394 g/mol. The van der Waals surface area contributed by atoms with Crippen molar-refractivity contribution < 1.29 is 9.59 Å². The first-order valence-electron chi connectivity index (χ1n) is 10.8. The minimum atomic E-state index is -0.00759. The number of hydrogen-bond acceptors (Lipinski definition) is 4. The third-order valence-electron chi connectivity index (χ3n) is 5.26. The van der Waals surface area contributed by atoms with Gasteiger partial charge in [0.2, 0.25) is 11.8 Å². The molecular formula is C24H31N3O2S. The standard InChI is InChI=1S/C24H31N3O2S/c1-2-3-5-10-24(29)27-17-15-26(16-18-27)21-13-11-20(12-14-21)25-23(28)19-30-22-8-6-4-7-9-22/h4,6-9,11-14H,2-3,5,10,15-19H2,1H3,(H,25,28). The molecule has 0 spiro atoms. The first-order valence-corrected chi connectivity index (χ1v) is 11.7. The molecule has 1 heterocycles. The Morgan fingerprint density at radius 3 is 2.30 bits per heavy atom. The molecule has 0 bridgehead atoms. The van der Waals surface area contributed by atoms with Crippen LogP contribution in [0.1, 0.15) is 32.6 Å². The van der Waals surface area contributed by atoms with Crippen LogP contribution in [-0.2, 0) is 9.59 Å². The van der Waals surface area contributed by atoms with E-state index < -0.39 is 0 Å². The van der Waals surface area contributed by atoms with E-state index in [1.807, 2.05) is 59.5 Å². The van der Waals surface area contributed by atoms with E-state index in [0.717, 1.165) is 61.7 Å². The van der Waals surface area contributed by atoms with Crippen LogP contribution < -0.4 is 10.2 Å². The van der Waals surface area contributed by atoms with Gasteiger partial charge in [0.1, 0.15) is 0 Å². The van der Waals surface area contributed by atoms with Gasteiger partial charge in [0.25, 0.3) is 0 Å². The molecule has 1 fully saturated rings. The summed E-state index contributed by atoms with van der Waals surface area (Å²) in [5.74, 6) is 0.668. The number of carbonyl (C=O) groups is 2. The number of piperazine rings is 1. The van der Waals surface area contributed by atoms with Crippen LogP contribution in [0.5, 0.6) is 0 Å². The molecule has 160 valence electrons. The quantitative estimate of drug-likeness (QED) is 0.469. The maximum absolute atomic E-state index is 12.3. The van der Waals surface area contributed by atoms with Crippen LogP contribution in [0.25, 0.3) is 0 Å². The molecule has 1 N–H and O–H groups in total. The van der Waals surface area contributed by atoms with Crippen LogP contribution in [0.2, 0.25) is 0 Å². The Morgan fingerprint density at radius 2 is 1.63 bits per heavy atom. The largest absolute Gasteiger partial charge is 0.368 e. The van der Waals surface area contributed by atoms with E-state index in [0.29, 0.717) is 12.2 Å². The van der Waals surface area contributed by atoms with E-state index in [-0.39, 0.29) is 11.8 Å². The summed E-state index contributed by atoms with van der Waals surface area (Å²) in [6, 6.07) is 17.9. The normalized spacial score (nSPS) is 13.9. The molecule has 2 aromatic rings. The zero-order valence-electron chi connectivity index (χ0n) is 17.7. The Bertz CT molecular complexity index is 803. The molecule has 1 aliphatic rings. The van der Waals surface area contributed by atoms with Crippen LogP contribution >= 0.6 is 11.8 Å². The van der Waals surface area contributed by atoms with Crippen LogP contribution in [0, 0.1) is 0 Å². The highest BCUT2D eigenvalue weighted by atomic mass is 32.2. The number of amides is 2. The molecule has 30 heavy (non-hydrogen) atoms. The molecule has 0 unspecified atom stereocenters. The Kier molecular flexibility index (Phi) is 8.63. The number of unbranched alkanes of at least 4 members (excludes halogenated alkanes) is 2.